The first kappa shape index (κ1) is 11.0. The summed E-state index contributed by atoms with van der Waals surface area (Å²) >= 11 is 3.38. The molecule has 2 heteroatoms. The van der Waals surface area contributed by atoms with E-state index in [-0.39, 0.29) is 0 Å². The summed E-state index contributed by atoms with van der Waals surface area (Å²) in [5.41, 5.74) is 1.86. The molecular weight excluding hydrogens is 238 g/mol. The fourth-order valence-electron chi connectivity index (χ4n) is 1.08. The van der Waals surface area contributed by atoms with E-state index in [0.717, 1.165) is 23.7 Å². The van der Waals surface area contributed by atoms with Crippen LogP contribution < -0.4 is 0 Å². The zero-order chi connectivity index (χ0) is 10.2. The molecule has 0 saturated carbocycles. The number of hydrogen-bond acceptors (Lipinski definition) is 1. The van der Waals surface area contributed by atoms with Crippen molar-refractivity contribution in [2.45, 2.75) is 12.8 Å². The standard InChI is InChI=1S/C12H12BrN/c13-9-3-1-2-4-11-5-7-12(10-14)8-6-11/h2,4-8H,1,3,9H2. The summed E-state index contributed by atoms with van der Waals surface area (Å²) in [5, 5.41) is 9.65. The summed E-state index contributed by atoms with van der Waals surface area (Å²) in [5.74, 6) is 0. The smallest absolute Gasteiger partial charge is 0.0991 e. The Morgan fingerprint density at radius 1 is 1.29 bits per heavy atom. The lowest BCUT2D eigenvalue weighted by molar-refractivity contribution is 0.983. The average Bonchev–Trinajstić information content (AvgIpc) is 2.25. The van der Waals surface area contributed by atoms with Gasteiger partial charge in [-0.05, 0) is 30.5 Å². The fourth-order valence-corrected chi connectivity index (χ4v) is 1.41. The van der Waals surface area contributed by atoms with Crippen molar-refractivity contribution >= 4 is 22.0 Å². The molecule has 0 aliphatic rings. The molecule has 0 radical (unpaired) electrons. The first-order valence-electron chi connectivity index (χ1n) is 4.59. The number of halogens is 1. The van der Waals surface area contributed by atoms with Crippen molar-refractivity contribution in [3.8, 4) is 6.07 Å². The summed E-state index contributed by atoms with van der Waals surface area (Å²) < 4.78 is 0. The zero-order valence-corrected chi connectivity index (χ0v) is 9.50. The van der Waals surface area contributed by atoms with Crippen molar-refractivity contribution < 1.29 is 0 Å². The summed E-state index contributed by atoms with van der Waals surface area (Å²) in [6.45, 7) is 0. The number of rotatable bonds is 4. The minimum absolute atomic E-state index is 0.711. The van der Waals surface area contributed by atoms with Crippen molar-refractivity contribution in [1.29, 1.82) is 5.26 Å². The van der Waals surface area contributed by atoms with Crippen molar-refractivity contribution in [2.75, 3.05) is 5.33 Å². The van der Waals surface area contributed by atoms with E-state index in [2.05, 4.69) is 34.2 Å². The Morgan fingerprint density at radius 2 is 2.00 bits per heavy atom. The lowest BCUT2D eigenvalue weighted by Gasteiger charge is -1.93. The van der Waals surface area contributed by atoms with Gasteiger partial charge in [0.1, 0.15) is 0 Å². The third-order valence-corrected chi connectivity index (χ3v) is 2.42. The van der Waals surface area contributed by atoms with Gasteiger partial charge in [0.2, 0.25) is 0 Å². The van der Waals surface area contributed by atoms with Crippen molar-refractivity contribution in [2.24, 2.45) is 0 Å². The summed E-state index contributed by atoms with van der Waals surface area (Å²) in [4.78, 5) is 0. The van der Waals surface area contributed by atoms with Crippen LogP contribution in [0.4, 0.5) is 0 Å². The molecule has 0 atom stereocenters. The van der Waals surface area contributed by atoms with Gasteiger partial charge in [-0.1, -0.05) is 40.2 Å². The Bertz CT molecular complexity index is 332. The normalized spacial score (nSPS) is 10.3. The molecule has 0 fully saturated rings. The highest BCUT2D eigenvalue weighted by atomic mass is 79.9. The Balaban J connectivity index is 2.52. The SMILES string of the molecule is N#Cc1ccc(C=CCCCBr)cc1. The number of benzene rings is 1. The van der Waals surface area contributed by atoms with Crippen LogP contribution in [0.5, 0.6) is 0 Å². The van der Waals surface area contributed by atoms with Crippen LogP contribution in [0, 0.1) is 11.3 Å². The van der Waals surface area contributed by atoms with Crippen LogP contribution in [0.25, 0.3) is 6.08 Å². The highest BCUT2D eigenvalue weighted by molar-refractivity contribution is 9.09. The number of unbranched alkanes of at least 4 members (excludes halogenated alkanes) is 1. The quantitative estimate of drug-likeness (QED) is 0.589. The van der Waals surface area contributed by atoms with E-state index in [0.29, 0.717) is 5.56 Å². The summed E-state index contributed by atoms with van der Waals surface area (Å²) in [7, 11) is 0. The molecular formula is C12H12BrN. The first-order chi connectivity index (χ1) is 6.86. The molecule has 0 saturated heterocycles. The topological polar surface area (TPSA) is 23.8 Å². The molecule has 1 nitrogen and oxygen atoms in total. The molecule has 72 valence electrons. The average molecular weight is 250 g/mol. The Kier molecular flexibility index (Phi) is 5.03. The van der Waals surface area contributed by atoms with Crippen LogP contribution in [0.3, 0.4) is 0 Å². The number of nitrogens with zero attached hydrogens (tertiary/aromatic N) is 1. The van der Waals surface area contributed by atoms with Gasteiger partial charge in [0.05, 0.1) is 11.6 Å². The third-order valence-electron chi connectivity index (χ3n) is 1.85. The second kappa shape index (κ2) is 6.39. The van der Waals surface area contributed by atoms with Crippen LogP contribution in [0.2, 0.25) is 0 Å². The van der Waals surface area contributed by atoms with E-state index < -0.39 is 0 Å². The van der Waals surface area contributed by atoms with Gasteiger partial charge in [0, 0.05) is 5.33 Å². The molecule has 0 heterocycles. The van der Waals surface area contributed by atoms with Gasteiger partial charge in [-0.3, -0.25) is 0 Å². The lowest BCUT2D eigenvalue weighted by atomic mass is 10.1. The molecule has 0 aliphatic heterocycles. The maximum atomic E-state index is 8.60. The monoisotopic (exact) mass is 249 g/mol. The fraction of sp³-hybridized carbons (Fsp3) is 0.250. The van der Waals surface area contributed by atoms with E-state index in [4.69, 9.17) is 5.26 Å². The van der Waals surface area contributed by atoms with Gasteiger partial charge in [-0.2, -0.15) is 5.26 Å². The Labute approximate surface area is 93.2 Å². The maximum Gasteiger partial charge on any atom is 0.0991 e. The van der Waals surface area contributed by atoms with Crippen molar-refractivity contribution in [1.82, 2.24) is 0 Å². The van der Waals surface area contributed by atoms with E-state index in [1.807, 2.05) is 24.3 Å². The summed E-state index contributed by atoms with van der Waals surface area (Å²) in [6, 6.07) is 9.70. The van der Waals surface area contributed by atoms with Crippen LogP contribution in [0.15, 0.2) is 30.3 Å². The van der Waals surface area contributed by atoms with Crippen molar-refractivity contribution in [3.05, 3.63) is 41.5 Å². The predicted molar refractivity (Wildman–Crippen MR) is 63.2 cm³/mol. The Morgan fingerprint density at radius 3 is 2.57 bits per heavy atom. The molecule has 0 aromatic heterocycles. The molecule has 0 bridgehead atoms. The van der Waals surface area contributed by atoms with Crippen LogP contribution in [-0.4, -0.2) is 5.33 Å². The Hall–Kier alpha value is -1.07. The van der Waals surface area contributed by atoms with Gasteiger partial charge in [0.15, 0.2) is 0 Å². The molecule has 1 aromatic carbocycles. The highest BCUT2D eigenvalue weighted by Crippen LogP contribution is 2.06. The van der Waals surface area contributed by atoms with Gasteiger partial charge < -0.3 is 0 Å². The van der Waals surface area contributed by atoms with E-state index in [1.165, 1.54) is 0 Å². The molecule has 0 N–H and O–H groups in total. The lowest BCUT2D eigenvalue weighted by Crippen LogP contribution is -1.75. The van der Waals surface area contributed by atoms with Crippen LogP contribution in [-0.2, 0) is 0 Å². The second-order valence-electron chi connectivity index (χ2n) is 2.97. The first-order valence-corrected chi connectivity index (χ1v) is 5.71. The molecule has 0 unspecified atom stereocenters. The van der Waals surface area contributed by atoms with Gasteiger partial charge in [-0.15, -0.1) is 0 Å². The molecule has 0 aliphatic carbocycles. The van der Waals surface area contributed by atoms with Gasteiger partial charge in [0.25, 0.3) is 0 Å². The number of hydrogen-bond donors (Lipinski definition) is 0. The summed E-state index contributed by atoms with van der Waals surface area (Å²) in [6.07, 6.45) is 6.49. The number of alkyl halides is 1. The molecule has 14 heavy (non-hydrogen) atoms. The highest BCUT2D eigenvalue weighted by Gasteiger charge is 1.88. The minimum atomic E-state index is 0.711. The van der Waals surface area contributed by atoms with E-state index in [9.17, 15) is 0 Å². The molecule has 0 spiro atoms. The largest absolute Gasteiger partial charge is 0.192 e. The van der Waals surface area contributed by atoms with Crippen molar-refractivity contribution in [3.63, 3.8) is 0 Å². The molecule has 1 aromatic rings. The number of allylic oxidation sites excluding steroid dienone is 1. The zero-order valence-electron chi connectivity index (χ0n) is 7.91. The third kappa shape index (κ3) is 3.76. The second-order valence-corrected chi connectivity index (χ2v) is 3.76. The van der Waals surface area contributed by atoms with Gasteiger partial charge in [-0.25, -0.2) is 0 Å². The number of nitriles is 1. The van der Waals surface area contributed by atoms with E-state index >= 15 is 0 Å². The maximum absolute atomic E-state index is 8.60. The predicted octanol–water partition coefficient (Wildman–Crippen LogP) is 3.75. The van der Waals surface area contributed by atoms with Crippen LogP contribution in [0.1, 0.15) is 24.0 Å². The van der Waals surface area contributed by atoms with Gasteiger partial charge >= 0.3 is 0 Å². The molecule has 0 amide bonds. The van der Waals surface area contributed by atoms with E-state index in [1.54, 1.807) is 0 Å². The molecule has 1 rings (SSSR count). The van der Waals surface area contributed by atoms with Crippen LogP contribution >= 0.6 is 15.9 Å². The minimum Gasteiger partial charge on any atom is -0.192 e.